The molecule has 7 heteroatoms. The molecule has 1 heterocycles. The fraction of sp³-hybridized carbons (Fsp3) is 0.286. The Morgan fingerprint density at radius 2 is 1.81 bits per heavy atom. The number of hydrogen-bond donors (Lipinski definition) is 2. The van der Waals surface area contributed by atoms with Gasteiger partial charge in [0.2, 0.25) is 16.0 Å². The standard InChI is InChI=1S/C14H18N4O2S/c1-11-5-3-4-6-12(11)7-8-18-21(19,20)13-9-16-14(15-2)17-10-13/h3-6,9-10,18H,7-8H2,1-2H3,(H,15,16,17). The van der Waals surface area contributed by atoms with Crippen LogP contribution in [0.25, 0.3) is 0 Å². The maximum Gasteiger partial charge on any atom is 0.243 e. The van der Waals surface area contributed by atoms with Gasteiger partial charge in [0, 0.05) is 13.6 Å². The Morgan fingerprint density at radius 3 is 2.43 bits per heavy atom. The predicted octanol–water partition coefficient (Wildman–Crippen LogP) is 1.35. The van der Waals surface area contributed by atoms with Crippen LogP contribution in [0.2, 0.25) is 0 Å². The number of hydrogen-bond acceptors (Lipinski definition) is 5. The van der Waals surface area contributed by atoms with Gasteiger partial charge in [-0.2, -0.15) is 0 Å². The average Bonchev–Trinajstić information content (AvgIpc) is 2.49. The molecule has 1 aromatic carbocycles. The molecule has 2 N–H and O–H groups in total. The molecule has 0 aliphatic rings. The molecule has 1 aromatic heterocycles. The largest absolute Gasteiger partial charge is 0.357 e. The van der Waals surface area contributed by atoms with Crippen molar-refractivity contribution in [2.45, 2.75) is 18.2 Å². The van der Waals surface area contributed by atoms with E-state index in [-0.39, 0.29) is 4.90 Å². The van der Waals surface area contributed by atoms with Crippen LogP contribution in [0.1, 0.15) is 11.1 Å². The van der Waals surface area contributed by atoms with Gasteiger partial charge in [-0.3, -0.25) is 0 Å². The second kappa shape index (κ2) is 6.64. The van der Waals surface area contributed by atoms with Crippen LogP contribution in [-0.4, -0.2) is 32.0 Å². The summed E-state index contributed by atoms with van der Waals surface area (Å²) in [5.41, 5.74) is 2.28. The van der Waals surface area contributed by atoms with Crippen molar-refractivity contribution in [3.8, 4) is 0 Å². The smallest absolute Gasteiger partial charge is 0.243 e. The molecular weight excluding hydrogens is 288 g/mol. The van der Waals surface area contributed by atoms with E-state index in [0.29, 0.717) is 18.9 Å². The maximum atomic E-state index is 12.1. The highest BCUT2D eigenvalue weighted by Crippen LogP contribution is 2.09. The van der Waals surface area contributed by atoms with Crippen molar-refractivity contribution >= 4 is 16.0 Å². The van der Waals surface area contributed by atoms with E-state index in [1.807, 2.05) is 31.2 Å². The van der Waals surface area contributed by atoms with E-state index >= 15 is 0 Å². The number of rotatable bonds is 6. The van der Waals surface area contributed by atoms with Gasteiger partial charge in [-0.25, -0.2) is 23.1 Å². The Kier molecular flexibility index (Phi) is 4.87. The highest BCUT2D eigenvalue weighted by atomic mass is 32.2. The lowest BCUT2D eigenvalue weighted by molar-refractivity contribution is 0.580. The Labute approximate surface area is 124 Å². The molecule has 0 unspecified atom stereocenters. The Bertz CT molecular complexity index is 699. The molecule has 0 aliphatic carbocycles. The van der Waals surface area contributed by atoms with Gasteiger partial charge in [0.1, 0.15) is 4.90 Å². The first-order valence-corrected chi connectivity index (χ1v) is 8.05. The lowest BCUT2D eigenvalue weighted by Crippen LogP contribution is -2.26. The Morgan fingerprint density at radius 1 is 1.14 bits per heavy atom. The van der Waals surface area contributed by atoms with Gasteiger partial charge in [0.05, 0.1) is 12.4 Å². The lowest BCUT2D eigenvalue weighted by atomic mass is 10.1. The number of anilines is 1. The molecule has 0 fully saturated rings. The average molecular weight is 306 g/mol. The van der Waals surface area contributed by atoms with E-state index in [2.05, 4.69) is 20.0 Å². The molecule has 0 bridgehead atoms. The molecule has 2 aromatic rings. The van der Waals surface area contributed by atoms with E-state index in [9.17, 15) is 8.42 Å². The van der Waals surface area contributed by atoms with Gasteiger partial charge in [0.25, 0.3) is 0 Å². The summed E-state index contributed by atoms with van der Waals surface area (Å²) in [6.45, 7) is 2.34. The van der Waals surface area contributed by atoms with Gasteiger partial charge < -0.3 is 5.32 Å². The molecular formula is C14H18N4O2S. The van der Waals surface area contributed by atoms with Crippen LogP contribution < -0.4 is 10.0 Å². The molecule has 0 saturated carbocycles. The second-order valence-electron chi connectivity index (χ2n) is 4.57. The van der Waals surface area contributed by atoms with Gasteiger partial charge in [-0.15, -0.1) is 0 Å². The van der Waals surface area contributed by atoms with Crippen LogP contribution in [0, 0.1) is 6.92 Å². The van der Waals surface area contributed by atoms with E-state index in [1.165, 1.54) is 12.4 Å². The number of sulfonamides is 1. The third kappa shape index (κ3) is 3.99. The van der Waals surface area contributed by atoms with Crippen molar-refractivity contribution in [3.63, 3.8) is 0 Å². The highest BCUT2D eigenvalue weighted by Gasteiger charge is 2.14. The van der Waals surface area contributed by atoms with E-state index < -0.39 is 10.0 Å². The molecule has 0 spiro atoms. The van der Waals surface area contributed by atoms with Crippen LogP contribution in [-0.2, 0) is 16.4 Å². The molecule has 0 radical (unpaired) electrons. The summed E-state index contributed by atoms with van der Waals surface area (Å²) in [7, 11) is -1.90. The molecule has 21 heavy (non-hydrogen) atoms. The third-order valence-electron chi connectivity index (χ3n) is 3.11. The number of benzene rings is 1. The zero-order chi connectivity index (χ0) is 15.3. The minimum Gasteiger partial charge on any atom is -0.357 e. The van der Waals surface area contributed by atoms with Crippen molar-refractivity contribution < 1.29 is 8.42 Å². The Hall–Kier alpha value is -1.99. The number of aromatic nitrogens is 2. The summed E-state index contributed by atoms with van der Waals surface area (Å²) in [5.74, 6) is 0.383. The molecule has 2 rings (SSSR count). The van der Waals surface area contributed by atoms with Crippen molar-refractivity contribution in [2.24, 2.45) is 0 Å². The van der Waals surface area contributed by atoms with E-state index in [0.717, 1.165) is 11.1 Å². The van der Waals surface area contributed by atoms with Crippen molar-refractivity contribution in [3.05, 3.63) is 47.8 Å². The third-order valence-corrected chi connectivity index (χ3v) is 4.53. The fourth-order valence-electron chi connectivity index (χ4n) is 1.88. The maximum absolute atomic E-state index is 12.1. The minimum absolute atomic E-state index is 0.0614. The number of nitrogens with one attached hydrogen (secondary N) is 2. The molecule has 0 saturated heterocycles. The Balaban J connectivity index is 1.99. The van der Waals surface area contributed by atoms with Crippen LogP contribution >= 0.6 is 0 Å². The first-order valence-electron chi connectivity index (χ1n) is 6.57. The summed E-state index contributed by atoms with van der Waals surface area (Å²) in [4.78, 5) is 7.87. The summed E-state index contributed by atoms with van der Waals surface area (Å²) in [5, 5.41) is 2.74. The SMILES string of the molecule is CNc1ncc(S(=O)(=O)NCCc2ccccc2C)cn1. The number of nitrogens with zero attached hydrogens (tertiary/aromatic N) is 2. The zero-order valence-corrected chi connectivity index (χ0v) is 12.8. The van der Waals surface area contributed by atoms with Crippen LogP contribution in [0.4, 0.5) is 5.95 Å². The van der Waals surface area contributed by atoms with Gasteiger partial charge in [-0.05, 0) is 24.5 Å². The van der Waals surface area contributed by atoms with Crippen molar-refractivity contribution in [1.82, 2.24) is 14.7 Å². The summed E-state index contributed by atoms with van der Waals surface area (Å²) in [6.07, 6.45) is 3.21. The van der Waals surface area contributed by atoms with Crippen molar-refractivity contribution in [2.75, 3.05) is 18.9 Å². The molecule has 0 aliphatic heterocycles. The predicted molar refractivity (Wildman–Crippen MR) is 81.7 cm³/mol. The monoisotopic (exact) mass is 306 g/mol. The lowest BCUT2D eigenvalue weighted by Gasteiger charge is -2.08. The van der Waals surface area contributed by atoms with Gasteiger partial charge in [-0.1, -0.05) is 24.3 Å². The number of aryl methyl sites for hydroxylation is 1. The molecule has 0 atom stereocenters. The van der Waals surface area contributed by atoms with Crippen molar-refractivity contribution in [1.29, 1.82) is 0 Å². The normalized spacial score (nSPS) is 11.3. The second-order valence-corrected chi connectivity index (χ2v) is 6.33. The van der Waals surface area contributed by atoms with Crippen LogP contribution in [0.3, 0.4) is 0 Å². The van der Waals surface area contributed by atoms with Crippen LogP contribution in [0.5, 0.6) is 0 Å². The quantitative estimate of drug-likeness (QED) is 0.841. The van der Waals surface area contributed by atoms with Crippen LogP contribution in [0.15, 0.2) is 41.6 Å². The minimum atomic E-state index is -3.57. The summed E-state index contributed by atoms with van der Waals surface area (Å²) >= 11 is 0. The summed E-state index contributed by atoms with van der Waals surface area (Å²) < 4.78 is 26.8. The summed E-state index contributed by atoms with van der Waals surface area (Å²) in [6, 6.07) is 7.91. The molecule has 6 nitrogen and oxygen atoms in total. The van der Waals surface area contributed by atoms with Gasteiger partial charge in [0.15, 0.2) is 0 Å². The highest BCUT2D eigenvalue weighted by molar-refractivity contribution is 7.89. The topological polar surface area (TPSA) is 84.0 Å². The van der Waals surface area contributed by atoms with E-state index in [1.54, 1.807) is 7.05 Å². The zero-order valence-electron chi connectivity index (χ0n) is 12.0. The molecule has 0 amide bonds. The first-order chi connectivity index (χ1) is 10.0. The van der Waals surface area contributed by atoms with Gasteiger partial charge >= 0.3 is 0 Å². The fourth-order valence-corrected chi connectivity index (χ4v) is 2.80. The van der Waals surface area contributed by atoms with E-state index in [4.69, 9.17) is 0 Å². The first kappa shape index (κ1) is 15.4. The molecule has 112 valence electrons.